The van der Waals surface area contributed by atoms with E-state index >= 15 is 0 Å². The first kappa shape index (κ1) is 19.2. The number of nitrogens with zero attached hydrogens (tertiary/aromatic N) is 1. The number of hydrogen-bond acceptors (Lipinski definition) is 6. The summed E-state index contributed by atoms with van der Waals surface area (Å²) in [4.78, 5) is 27.8. The lowest BCUT2D eigenvalue weighted by Gasteiger charge is -2.07. The van der Waals surface area contributed by atoms with E-state index in [1.807, 2.05) is 30.3 Å². The van der Waals surface area contributed by atoms with E-state index in [9.17, 15) is 9.59 Å². The Hall–Kier alpha value is -3.61. The van der Waals surface area contributed by atoms with Crippen LogP contribution >= 0.6 is 0 Å². The van der Waals surface area contributed by atoms with Crippen LogP contribution in [0.2, 0.25) is 0 Å². The molecule has 0 aliphatic heterocycles. The molecular formula is C21H20N2O5. The summed E-state index contributed by atoms with van der Waals surface area (Å²) in [6, 6.07) is 16.2. The molecule has 0 atom stereocenters. The number of amides is 1. The van der Waals surface area contributed by atoms with Crippen molar-refractivity contribution in [2.75, 3.05) is 19.0 Å². The van der Waals surface area contributed by atoms with Gasteiger partial charge in [0.2, 0.25) is 11.8 Å². The molecule has 3 rings (SSSR count). The maximum absolute atomic E-state index is 12.3. The van der Waals surface area contributed by atoms with Gasteiger partial charge in [0.15, 0.2) is 6.61 Å². The fourth-order valence-corrected chi connectivity index (χ4v) is 2.49. The van der Waals surface area contributed by atoms with Crippen LogP contribution < -0.4 is 10.1 Å². The maximum atomic E-state index is 12.3. The summed E-state index contributed by atoms with van der Waals surface area (Å²) in [5.41, 5.74) is 2.06. The molecule has 0 aliphatic carbocycles. The lowest BCUT2D eigenvalue weighted by Crippen LogP contribution is -2.15. The van der Waals surface area contributed by atoms with E-state index in [0.29, 0.717) is 28.8 Å². The van der Waals surface area contributed by atoms with E-state index in [-0.39, 0.29) is 18.9 Å². The SMILES string of the molecule is COC(=O)COc1ccc(NC(=O)Cc2nc(-c3ccccc3)oc2C)cc1. The Bertz CT molecular complexity index is 949. The highest BCUT2D eigenvalue weighted by Gasteiger charge is 2.15. The summed E-state index contributed by atoms with van der Waals surface area (Å²) in [6.45, 7) is 1.62. The number of hydrogen-bond donors (Lipinski definition) is 1. The van der Waals surface area contributed by atoms with E-state index in [2.05, 4.69) is 15.0 Å². The van der Waals surface area contributed by atoms with Crippen molar-refractivity contribution in [1.29, 1.82) is 0 Å². The van der Waals surface area contributed by atoms with Crippen molar-refractivity contribution in [2.24, 2.45) is 0 Å². The van der Waals surface area contributed by atoms with Gasteiger partial charge in [-0.05, 0) is 43.3 Å². The van der Waals surface area contributed by atoms with E-state index in [0.717, 1.165) is 5.56 Å². The quantitative estimate of drug-likeness (QED) is 0.632. The number of nitrogens with one attached hydrogen (secondary N) is 1. The van der Waals surface area contributed by atoms with E-state index < -0.39 is 5.97 Å². The van der Waals surface area contributed by atoms with Gasteiger partial charge in [-0.1, -0.05) is 18.2 Å². The molecule has 0 saturated carbocycles. The molecule has 1 N–H and O–H groups in total. The van der Waals surface area contributed by atoms with Crippen LogP contribution in [0.5, 0.6) is 5.75 Å². The number of benzene rings is 2. The van der Waals surface area contributed by atoms with Gasteiger partial charge in [-0.2, -0.15) is 0 Å². The highest BCUT2D eigenvalue weighted by molar-refractivity contribution is 5.92. The topological polar surface area (TPSA) is 90.7 Å². The predicted octanol–water partition coefficient (Wildman–Crippen LogP) is 3.38. The van der Waals surface area contributed by atoms with E-state index in [1.54, 1.807) is 31.2 Å². The minimum absolute atomic E-state index is 0.1000. The number of esters is 1. The molecule has 1 aromatic heterocycles. The maximum Gasteiger partial charge on any atom is 0.343 e. The normalized spacial score (nSPS) is 10.4. The molecule has 3 aromatic rings. The zero-order chi connectivity index (χ0) is 19.9. The summed E-state index contributed by atoms with van der Waals surface area (Å²) in [6.07, 6.45) is 0.1000. The first-order valence-corrected chi connectivity index (χ1v) is 8.66. The van der Waals surface area contributed by atoms with Crippen LogP contribution in [-0.2, 0) is 20.7 Å². The van der Waals surface area contributed by atoms with Gasteiger partial charge in [-0.25, -0.2) is 9.78 Å². The molecule has 7 heteroatoms. The number of rotatable bonds is 7. The Morgan fingerprint density at radius 1 is 1.07 bits per heavy atom. The second-order valence-electron chi connectivity index (χ2n) is 6.00. The van der Waals surface area contributed by atoms with Crippen molar-refractivity contribution in [2.45, 2.75) is 13.3 Å². The number of aromatic nitrogens is 1. The van der Waals surface area contributed by atoms with Crippen molar-refractivity contribution in [3.63, 3.8) is 0 Å². The van der Waals surface area contributed by atoms with Gasteiger partial charge < -0.3 is 19.2 Å². The molecule has 0 radical (unpaired) electrons. The Kier molecular flexibility index (Phi) is 6.06. The number of oxazole rings is 1. The minimum Gasteiger partial charge on any atom is -0.482 e. The fourth-order valence-electron chi connectivity index (χ4n) is 2.49. The van der Waals surface area contributed by atoms with Crippen molar-refractivity contribution in [3.8, 4) is 17.2 Å². The fraction of sp³-hybridized carbons (Fsp3) is 0.190. The van der Waals surface area contributed by atoms with Gasteiger partial charge in [-0.15, -0.1) is 0 Å². The third-order valence-corrected chi connectivity index (χ3v) is 3.96. The monoisotopic (exact) mass is 380 g/mol. The minimum atomic E-state index is -0.463. The van der Waals surface area contributed by atoms with Crippen LogP contribution in [0.3, 0.4) is 0 Å². The van der Waals surface area contributed by atoms with E-state index in [4.69, 9.17) is 9.15 Å². The van der Waals surface area contributed by atoms with Crippen LogP contribution in [0.15, 0.2) is 59.0 Å². The molecule has 0 spiro atoms. The highest BCUT2D eigenvalue weighted by Crippen LogP contribution is 2.22. The first-order valence-electron chi connectivity index (χ1n) is 8.66. The zero-order valence-electron chi connectivity index (χ0n) is 15.6. The molecule has 1 heterocycles. The van der Waals surface area contributed by atoms with Gasteiger partial charge in [0.25, 0.3) is 0 Å². The van der Waals surface area contributed by atoms with E-state index in [1.165, 1.54) is 7.11 Å². The predicted molar refractivity (Wildman–Crippen MR) is 103 cm³/mol. The second kappa shape index (κ2) is 8.85. The standard InChI is InChI=1S/C21H20N2O5/c1-14-18(23-21(28-14)15-6-4-3-5-7-15)12-19(24)22-16-8-10-17(11-9-16)27-13-20(25)26-2/h3-11H,12-13H2,1-2H3,(H,22,24). The summed E-state index contributed by atoms with van der Waals surface area (Å²) in [5.74, 6) is 0.936. The Morgan fingerprint density at radius 3 is 2.46 bits per heavy atom. The third-order valence-electron chi connectivity index (χ3n) is 3.96. The molecule has 28 heavy (non-hydrogen) atoms. The number of methoxy groups -OCH3 is 1. The van der Waals surface area contributed by atoms with Crippen molar-refractivity contribution in [3.05, 3.63) is 66.1 Å². The van der Waals surface area contributed by atoms with Crippen LogP contribution in [0.25, 0.3) is 11.5 Å². The van der Waals surface area contributed by atoms with Gasteiger partial charge >= 0.3 is 5.97 Å². The average molecular weight is 380 g/mol. The Balaban J connectivity index is 1.58. The zero-order valence-corrected chi connectivity index (χ0v) is 15.6. The molecule has 144 valence electrons. The summed E-state index contributed by atoms with van der Waals surface area (Å²) in [5, 5.41) is 2.80. The van der Waals surface area contributed by atoms with Gasteiger partial charge in [0.1, 0.15) is 11.5 Å². The largest absolute Gasteiger partial charge is 0.482 e. The molecular weight excluding hydrogens is 360 g/mol. The third kappa shape index (κ3) is 4.97. The lowest BCUT2D eigenvalue weighted by atomic mass is 10.2. The Labute approximate surface area is 162 Å². The van der Waals surface area contributed by atoms with Gasteiger partial charge in [0.05, 0.1) is 19.2 Å². The van der Waals surface area contributed by atoms with Crippen molar-refractivity contribution >= 4 is 17.6 Å². The number of aryl methyl sites for hydroxylation is 1. The Morgan fingerprint density at radius 2 is 1.79 bits per heavy atom. The number of carbonyl (C=O) groups is 2. The number of ether oxygens (including phenoxy) is 2. The van der Waals surface area contributed by atoms with Crippen LogP contribution in [0, 0.1) is 6.92 Å². The molecule has 7 nitrogen and oxygen atoms in total. The number of carbonyl (C=O) groups excluding carboxylic acids is 2. The van der Waals surface area contributed by atoms with Crippen molar-refractivity contribution in [1.82, 2.24) is 4.98 Å². The average Bonchev–Trinajstić information content (AvgIpc) is 3.08. The van der Waals surface area contributed by atoms with Crippen LogP contribution in [0.1, 0.15) is 11.5 Å². The van der Waals surface area contributed by atoms with Gasteiger partial charge in [-0.3, -0.25) is 4.79 Å². The molecule has 0 bridgehead atoms. The highest BCUT2D eigenvalue weighted by atomic mass is 16.6. The molecule has 0 saturated heterocycles. The number of anilines is 1. The molecule has 0 fully saturated rings. The molecule has 0 aliphatic rings. The first-order chi connectivity index (χ1) is 13.5. The molecule has 1 amide bonds. The summed E-state index contributed by atoms with van der Waals surface area (Å²) in [7, 11) is 1.30. The molecule has 0 unspecified atom stereocenters. The van der Waals surface area contributed by atoms with Crippen molar-refractivity contribution < 1.29 is 23.5 Å². The smallest absolute Gasteiger partial charge is 0.343 e. The summed E-state index contributed by atoms with van der Waals surface area (Å²) >= 11 is 0. The summed E-state index contributed by atoms with van der Waals surface area (Å²) < 4.78 is 15.5. The van der Waals surface area contributed by atoms with Gasteiger partial charge in [0, 0.05) is 11.3 Å². The second-order valence-corrected chi connectivity index (χ2v) is 6.00. The lowest BCUT2D eigenvalue weighted by molar-refractivity contribution is -0.142. The van der Waals surface area contributed by atoms with Crippen LogP contribution in [-0.4, -0.2) is 30.6 Å². The van der Waals surface area contributed by atoms with Crippen LogP contribution in [0.4, 0.5) is 5.69 Å². The molecule has 2 aromatic carbocycles.